The molecule has 1 saturated carbocycles. The van der Waals surface area contributed by atoms with Crippen molar-refractivity contribution in [3.8, 4) is 0 Å². The molecule has 5 N–H and O–H groups in total. The average molecular weight is 956 g/mol. The molecule has 2 fully saturated rings. The van der Waals surface area contributed by atoms with Crippen molar-refractivity contribution < 1.29 is 34.5 Å². The van der Waals surface area contributed by atoms with Gasteiger partial charge >= 0.3 is 5.97 Å². The third kappa shape index (κ3) is 13.9. The fraction of sp³-hybridized carbons (Fsp3) is 0.444. The number of benzene rings is 2. The van der Waals surface area contributed by atoms with E-state index < -0.39 is 24.1 Å². The molecule has 3 amide bonds. The first kappa shape index (κ1) is 51.4. The fourth-order valence-electron chi connectivity index (χ4n) is 9.54. The summed E-state index contributed by atoms with van der Waals surface area (Å²) in [6.45, 7) is 6.21. The number of carboxylic acids is 1. The molecule has 1 saturated heterocycles. The Morgan fingerprint density at radius 2 is 0.943 bits per heavy atom. The van der Waals surface area contributed by atoms with Gasteiger partial charge in [-0.1, -0.05) is 94.5 Å². The highest BCUT2D eigenvalue weighted by atomic mass is 16.4. The van der Waals surface area contributed by atoms with Crippen molar-refractivity contribution in [2.45, 2.75) is 103 Å². The maximum Gasteiger partial charge on any atom is 0.337 e. The van der Waals surface area contributed by atoms with Crippen molar-refractivity contribution in [2.75, 3.05) is 52.4 Å². The van der Waals surface area contributed by atoms with Gasteiger partial charge in [-0.05, 0) is 78.6 Å². The quantitative estimate of drug-likeness (QED) is 0.0928. The highest BCUT2D eigenvalue weighted by molar-refractivity contribution is 5.95. The maximum atomic E-state index is 12.8. The topological polar surface area (TPSA) is 197 Å². The van der Waals surface area contributed by atoms with Gasteiger partial charge in [-0.3, -0.25) is 24.2 Å². The minimum Gasteiger partial charge on any atom is -0.478 e. The van der Waals surface area contributed by atoms with E-state index in [0.717, 1.165) is 65.0 Å². The van der Waals surface area contributed by atoms with Crippen LogP contribution in [0.5, 0.6) is 0 Å². The van der Waals surface area contributed by atoms with Crippen LogP contribution in [-0.2, 0) is 25.9 Å². The number of imidazole rings is 2. The summed E-state index contributed by atoms with van der Waals surface area (Å²) in [5, 5.41) is 35.4. The smallest absolute Gasteiger partial charge is 0.337 e. The number of likely N-dealkylation sites (tertiary alicyclic amines) is 1. The molecule has 0 bridgehead atoms. The van der Waals surface area contributed by atoms with Crippen LogP contribution in [0.2, 0.25) is 0 Å². The second-order valence-corrected chi connectivity index (χ2v) is 18.6. The standard InChI is InChI=1S/C26H31N5O3.C21H22N4O4.C6H12.CH4/c32-22(17-29-13-10-19-6-2-3-7-20(19)15-29)14-27-25(33)23-18-31-16-21(8-9-24(31)28-23)26(34)30-11-4-1-5-12-30;26-17(12-24-8-7-14-3-1-2-4-15(14)10-24)9-22-20(27)18-13-25-11-16(21(28)29)5-6-19(25)23-18;1-2-4-6-5-3-1;/h2-3,6-9,16,18,22,32H,1,4-5,10-15,17H2,(H,27,33);1-6,11,13,17,26H,7-10,12H2,(H,22,27)(H,28,29);1-6H2;1H4/t22-;17-;;/m00../s1. The number of hydrogen-bond acceptors (Lipinski definition) is 10. The number of carbonyl (C=O) groups is 4. The van der Waals surface area contributed by atoms with Crippen LogP contribution in [0.15, 0.2) is 97.6 Å². The lowest BCUT2D eigenvalue weighted by molar-refractivity contribution is 0.0693. The number of amides is 3. The molecule has 16 nitrogen and oxygen atoms in total. The number of carboxylic acid groups (broad SMARTS) is 1. The Morgan fingerprint density at radius 1 is 0.529 bits per heavy atom. The van der Waals surface area contributed by atoms with Gasteiger partial charge in [0, 0.05) is 90.2 Å². The van der Waals surface area contributed by atoms with Gasteiger partial charge in [0.1, 0.15) is 22.7 Å². The largest absolute Gasteiger partial charge is 0.478 e. The molecule has 1 aliphatic carbocycles. The zero-order chi connectivity index (χ0) is 48.1. The summed E-state index contributed by atoms with van der Waals surface area (Å²) in [4.78, 5) is 63.7. The van der Waals surface area contributed by atoms with Crippen molar-refractivity contribution in [3.05, 3.63) is 142 Å². The first-order chi connectivity index (χ1) is 33.6. The van der Waals surface area contributed by atoms with E-state index in [4.69, 9.17) is 5.11 Å². The third-order valence-corrected chi connectivity index (χ3v) is 13.4. The highest BCUT2D eigenvalue weighted by Crippen LogP contribution is 2.21. The molecule has 0 unspecified atom stereocenters. The number of carbonyl (C=O) groups excluding carboxylic acids is 3. The number of aromatic nitrogens is 4. The number of piperidine rings is 1. The summed E-state index contributed by atoms with van der Waals surface area (Å²) in [6, 6.07) is 23.2. The first-order valence-corrected chi connectivity index (χ1v) is 24.6. The normalized spacial score (nSPS) is 16.7. The van der Waals surface area contributed by atoms with E-state index in [1.165, 1.54) is 90.1 Å². The van der Waals surface area contributed by atoms with Crippen LogP contribution >= 0.6 is 0 Å². The number of β-amino-alcohol motifs (C(OH)–C–C–N with tert-alkyl or cyclic N) is 2. The number of hydrogen-bond donors (Lipinski definition) is 5. The molecule has 7 heterocycles. The molecule has 70 heavy (non-hydrogen) atoms. The monoisotopic (exact) mass is 956 g/mol. The molecule has 6 aromatic rings. The SMILES string of the molecule is C.C1CCCCC1.O=C(NC[C@H](O)CN1CCc2ccccc2C1)c1cn2cc(C(=O)N3CCCCC3)ccc2n1.O=C(O)c1ccc2nc(C(=O)NC[C@H](O)CN3CCc4ccccc4C3)cn2c1. The number of aliphatic hydroxyl groups excluding tert-OH is 2. The Balaban J connectivity index is 0.000000183. The number of fused-ring (bicyclic) bond motifs is 4. The van der Waals surface area contributed by atoms with Gasteiger partial charge in [-0.2, -0.15) is 0 Å². The maximum absolute atomic E-state index is 12.8. The Bertz CT molecular complexity index is 2700. The Morgan fingerprint density at radius 3 is 1.40 bits per heavy atom. The number of nitrogens with one attached hydrogen (secondary N) is 2. The van der Waals surface area contributed by atoms with Crippen LogP contribution in [-0.4, -0.2) is 137 Å². The number of pyridine rings is 2. The molecule has 0 spiro atoms. The van der Waals surface area contributed by atoms with Crippen molar-refractivity contribution >= 4 is 35.0 Å². The van der Waals surface area contributed by atoms with Gasteiger partial charge in [0.25, 0.3) is 17.7 Å². The van der Waals surface area contributed by atoms with Crippen LogP contribution in [0, 0.1) is 0 Å². The van der Waals surface area contributed by atoms with Crippen LogP contribution in [0.4, 0.5) is 0 Å². The Kier molecular flexibility index (Phi) is 18.3. The Hall–Kier alpha value is -6.46. The van der Waals surface area contributed by atoms with Gasteiger partial charge in [0.2, 0.25) is 0 Å². The predicted octanol–water partition coefficient (Wildman–Crippen LogP) is 6.27. The Labute approximate surface area is 410 Å². The molecular formula is C54H69N9O7. The number of nitrogens with zero attached hydrogens (tertiary/aromatic N) is 7. The zero-order valence-corrected chi connectivity index (χ0v) is 39.3. The fourth-order valence-corrected chi connectivity index (χ4v) is 9.54. The lowest BCUT2D eigenvalue weighted by Crippen LogP contribution is -2.42. The number of aromatic carboxylic acids is 1. The molecule has 2 atom stereocenters. The molecule has 16 heteroatoms. The van der Waals surface area contributed by atoms with Crippen LogP contribution in [0.25, 0.3) is 11.3 Å². The van der Waals surface area contributed by atoms with Gasteiger partial charge in [0.05, 0.1) is 23.3 Å². The van der Waals surface area contributed by atoms with Gasteiger partial charge in [-0.15, -0.1) is 0 Å². The van der Waals surface area contributed by atoms with Crippen molar-refractivity contribution in [3.63, 3.8) is 0 Å². The molecule has 4 aliphatic rings. The minimum atomic E-state index is -1.05. The third-order valence-electron chi connectivity index (χ3n) is 13.4. The van der Waals surface area contributed by atoms with E-state index in [-0.39, 0.29) is 49.3 Å². The zero-order valence-electron chi connectivity index (χ0n) is 39.3. The number of aliphatic hydroxyl groups is 2. The van der Waals surface area contributed by atoms with E-state index in [1.54, 1.807) is 35.0 Å². The predicted molar refractivity (Wildman–Crippen MR) is 269 cm³/mol. The van der Waals surface area contributed by atoms with Gasteiger partial charge < -0.3 is 39.7 Å². The van der Waals surface area contributed by atoms with Crippen LogP contribution in [0.3, 0.4) is 0 Å². The van der Waals surface area contributed by atoms with Crippen molar-refractivity contribution in [2.24, 2.45) is 0 Å². The van der Waals surface area contributed by atoms with Crippen LogP contribution < -0.4 is 10.6 Å². The van der Waals surface area contributed by atoms with E-state index >= 15 is 0 Å². The summed E-state index contributed by atoms with van der Waals surface area (Å²) < 4.78 is 3.22. The van der Waals surface area contributed by atoms with Crippen molar-refractivity contribution in [1.29, 1.82) is 0 Å². The average Bonchev–Trinajstić information content (AvgIpc) is 4.03. The van der Waals surface area contributed by atoms with Crippen LogP contribution in [0.1, 0.15) is 129 Å². The second-order valence-electron chi connectivity index (χ2n) is 18.6. The summed E-state index contributed by atoms with van der Waals surface area (Å²) in [5.41, 5.74) is 7.53. The summed E-state index contributed by atoms with van der Waals surface area (Å²) >= 11 is 0. The van der Waals surface area contributed by atoms with Gasteiger partial charge in [-0.25, -0.2) is 14.8 Å². The first-order valence-electron chi connectivity index (χ1n) is 24.6. The van der Waals surface area contributed by atoms with Crippen molar-refractivity contribution in [1.82, 2.24) is 44.1 Å². The molecule has 3 aliphatic heterocycles. The summed E-state index contributed by atoms with van der Waals surface area (Å²) in [5.74, 6) is -1.77. The molecular weight excluding hydrogens is 887 g/mol. The van der Waals surface area contributed by atoms with E-state index in [0.29, 0.717) is 29.9 Å². The summed E-state index contributed by atoms with van der Waals surface area (Å²) in [7, 11) is 0. The molecule has 0 radical (unpaired) electrons. The highest BCUT2D eigenvalue weighted by Gasteiger charge is 2.23. The number of rotatable bonds is 12. The van der Waals surface area contributed by atoms with E-state index in [9.17, 15) is 29.4 Å². The van der Waals surface area contributed by atoms with E-state index in [1.807, 2.05) is 23.1 Å². The van der Waals surface area contributed by atoms with Gasteiger partial charge in [0.15, 0.2) is 0 Å². The minimum absolute atomic E-state index is 0. The molecule has 2 aromatic carbocycles. The summed E-state index contributed by atoms with van der Waals surface area (Å²) in [6.07, 6.45) is 19.1. The molecule has 10 rings (SSSR count). The lowest BCUT2D eigenvalue weighted by atomic mass is 10.00. The lowest BCUT2D eigenvalue weighted by Gasteiger charge is -2.30. The second kappa shape index (κ2) is 24.9. The molecule has 4 aromatic heterocycles. The van der Waals surface area contributed by atoms with E-state index in [2.05, 4.69) is 60.7 Å². The molecule has 372 valence electrons.